The van der Waals surface area contributed by atoms with E-state index in [1.165, 1.54) is 11.3 Å². The lowest BCUT2D eigenvalue weighted by molar-refractivity contribution is 0.452. The fourth-order valence-electron chi connectivity index (χ4n) is 2.03. The van der Waals surface area contributed by atoms with E-state index in [1.54, 1.807) is 17.3 Å². The zero-order chi connectivity index (χ0) is 19.2. The molecule has 140 valence electrons. The van der Waals surface area contributed by atoms with Crippen LogP contribution in [0.15, 0.2) is 48.2 Å². The second-order valence-electron chi connectivity index (χ2n) is 5.54. The first-order chi connectivity index (χ1) is 12.0. The molecule has 0 atom stereocenters. The van der Waals surface area contributed by atoms with Crippen LogP contribution in [0, 0.1) is 6.92 Å². The maximum atomic E-state index is 5.79. The molecule has 1 saturated heterocycles. The monoisotopic (exact) mass is 345 g/mol. The second kappa shape index (κ2) is 13.1. The van der Waals surface area contributed by atoms with Crippen LogP contribution in [0.2, 0.25) is 0 Å². The van der Waals surface area contributed by atoms with Crippen LogP contribution in [-0.2, 0) is 0 Å². The Morgan fingerprint density at radius 1 is 1.32 bits per heavy atom. The van der Waals surface area contributed by atoms with Crippen molar-refractivity contribution < 1.29 is 0 Å². The van der Waals surface area contributed by atoms with Crippen molar-refractivity contribution >= 4 is 17.6 Å². The fourth-order valence-corrected chi connectivity index (χ4v) is 2.03. The van der Waals surface area contributed by atoms with Gasteiger partial charge in [-0.15, -0.1) is 0 Å². The minimum atomic E-state index is 0.879. The Balaban J connectivity index is 0.000000458. The number of aryl methyl sites for hydroxylation is 1. The number of anilines is 2. The van der Waals surface area contributed by atoms with Crippen LogP contribution in [0.5, 0.6) is 0 Å². The molecular formula is C20H35N5. The van der Waals surface area contributed by atoms with Crippen molar-refractivity contribution in [3.05, 3.63) is 48.7 Å². The molecule has 25 heavy (non-hydrogen) atoms. The van der Waals surface area contributed by atoms with E-state index >= 15 is 0 Å². The third-order valence-corrected chi connectivity index (χ3v) is 3.63. The fraction of sp³-hybridized carbons (Fsp3) is 0.450. The molecule has 1 aliphatic heterocycles. The molecule has 0 spiro atoms. The predicted octanol–water partition coefficient (Wildman–Crippen LogP) is 3.64. The summed E-state index contributed by atoms with van der Waals surface area (Å²) in [6.07, 6.45) is 3.24. The number of hydrogen-bond acceptors (Lipinski definition) is 5. The van der Waals surface area contributed by atoms with Crippen molar-refractivity contribution in [1.82, 2.24) is 10.3 Å². The standard InChI is InChI=1S/C11H17N3.C7H12N2.C2H6/c1-9-8-10(2-3-11(9)12)14-6-4-13-5-7-14;1-5-6-8-9(4)7(2)3;1-2/h2-3,8,13H,4-7,12H2,1H3;5-6H,1-2H2,3-4H3;1-2H3/b;8-6-;. The third kappa shape index (κ3) is 8.96. The number of nitrogens with zero attached hydrogens (tertiary/aromatic N) is 3. The predicted molar refractivity (Wildman–Crippen MR) is 113 cm³/mol. The number of benzene rings is 1. The first-order valence-electron chi connectivity index (χ1n) is 8.81. The molecule has 1 aromatic rings. The molecular weight excluding hydrogens is 310 g/mol. The van der Waals surface area contributed by atoms with E-state index in [1.807, 2.05) is 33.9 Å². The highest BCUT2D eigenvalue weighted by molar-refractivity contribution is 5.69. The van der Waals surface area contributed by atoms with Gasteiger partial charge in [-0.2, -0.15) is 5.10 Å². The number of nitrogen functional groups attached to an aromatic ring is 1. The van der Waals surface area contributed by atoms with Gasteiger partial charge in [-0.05, 0) is 43.7 Å². The van der Waals surface area contributed by atoms with Crippen molar-refractivity contribution in [1.29, 1.82) is 0 Å². The van der Waals surface area contributed by atoms with Crippen molar-refractivity contribution in [3.63, 3.8) is 0 Å². The lowest BCUT2D eigenvalue weighted by Crippen LogP contribution is -2.43. The minimum absolute atomic E-state index is 0.879. The van der Waals surface area contributed by atoms with E-state index in [-0.39, 0.29) is 0 Å². The number of hydrogen-bond donors (Lipinski definition) is 2. The Kier molecular flexibility index (Phi) is 11.9. The quantitative estimate of drug-likeness (QED) is 0.497. The van der Waals surface area contributed by atoms with Gasteiger partial charge in [-0.3, -0.25) is 5.01 Å². The van der Waals surface area contributed by atoms with Crippen LogP contribution < -0.4 is 16.0 Å². The van der Waals surface area contributed by atoms with Crippen LogP contribution in [0.1, 0.15) is 26.3 Å². The zero-order valence-corrected chi connectivity index (χ0v) is 16.5. The average molecular weight is 346 g/mol. The molecule has 1 heterocycles. The molecule has 0 saturated carbocycles. The highest BCUT2D eigenvalue weighted by atomic mass is 15.4. The van der Waals surface area contributed by atoms with Gasteiger partial charge in [-0.1, -0.05) is 27.0 Å². The van der Waals surface area contributed by atoms with E-state index < -0.39 is 0 Å². The normalized spacial score (nSPS) is 13.2. The van der Waals surface area contributed by atoms with Crippen LogP contribution in [0.25, 0.3) is 0 Å². The van der Waals surface area contributed by atoms with Gasteiger partial charge in [0.05, 0.1) is 0 Å². The number of hydrazone groups is 1. The molecule has 5 heteroatoms. The molecule has 5 nitrogen and oxygen atoms in total. The number of nitrogens with one attached hydrogen (secondary N) is 1. The molecule has 3 N–H and O–H groups in total. The van der Waals surface area contributed by atoms with Gasteiger partial charge in [0, 0.05) is 56.5 Å². The molecule has 0 amide bonds. The highest BCUT2D eigenvalue weighted by Crippen LogP contribution is 2.20. The first kappa shape index (κ1) is 22.7. The lowest BCUT2D eigenvalue weighted by Gasteiger charge is -2.29. The summed E-state index contributed by atoms with van der Waals surface area (Å²) in [5, 5.41) is 8.96. The van der Waals surface area contributed by atoms with Gasteiger partial charge in [0.2, 0.25) is 0 Å². The summed E-state index contributed by atoms with van der Waals surface area (Å²) in [5.74, 6) is 0. The Morgan fingerprint density at radius 2 is 1.92 bits per heavy atom. The summed E-state index contributed by atoms with van der Waals surface area (Å²) < 4.78 is 0. The van der Waals surface area contributed by atoms with Crippen LogP contribution in [-0.4, -0.2) is 44.5 Å². The van der Waals surface area contributed by atoms with Crippen molar-refractivity contribution in [3.8, 4) is 0 Å². The minimum Gasteiger partial charge on any atom is -0.399 e. The summed E-state index contributed by atoms with van der Waals surface area (Å²) in [7, 11) is 1.84. The van der Waals surface area contributed by atoms with Gasteiger partial charge in [0.15, 0.2) is 0 Å². The molecule has 2 rings (SSSR count). The molecule has 1 fully saturated rings. The van der Waals surface area contributed by atoms with E-state index in [0.717, 1.165) is 37.6 Å². The Morgan fingerprint density at radius 3 is 2.40 bits per heavy atom. The van der Waals surface area contributed by atoms with E-state index in [9.17, 15) is 0 Å². The van der Waals surface area contributed by atoms with Crippen molar-refractivity contribution in [2.45, 2.75) is 27.7 Å². The van der Waals surface area contributed by atoms with Gasteiger partial charge in [0.1, 0.15) is 0 Å². The van der Waals surface area contributed by atoms with Crippen LogP contribution in [0.3, 0.4) is 0 Å². The molecule has 1 aromatic carbocycles. The largest absolute Gasteiger partial charge is 0.399 e. The maximum Gasteiger partial charge on any atom is 0.0468 e. The number of rotatable bonds is 4. The number of nitrogens with two attached hydrogens (primary N) is 1. The van der Waals surface area contributed by atoms with Crippen molar-refractivity contribution in [2.24, 2.45) is 5.10 Å². The molecule has 0 aromatic heterocycles. The average Bonchev–Trinajstić information content (AvgIpc) is 2.64. The van der Waals surface area contributed by atoms with Gasteiger partial charge in [0.25, 0.3) is 0 Å². The smallest absolute Gasteiger partial charge is 0.0468 e. The molecule has 0 unspecified atom stereocenters. The zero-order valence-electron chi connectivity index (χ0n) is 16.5. The van der Waals surface area contributed by atoms with Crippen LogP contribution >= 0.6 is 0 Å². The summed E-state index contributed by atoms with van der Waals surface area (Å²) in [5.41, 5.74) is 10.0. The Bertz CT molecular complexity index is 545. The number of piperazine rings is 1. The highest BCUT2D eigenvalue weighted by Gasteiger charge is 2.10. The Labute approximate surface area is 153 Å². The van der Waals surface area contributed by atoms with Gasteiger partial charge >= 0.3 is 0 Å². The summed E-state index contributed by atoms with van der Waals surface area (Å²) in [6.45, 7) is 19.4. The maximum absolute atomic E-state index is 5.79. The molecule has 0 aliphatic carbocycles. The topological polar surface area (TPSA) is 56.9 Å². The SMILES string of the molecule is C=C/C=N\N(C)C(=C)C.CC.Cc1cc(N2CCNCC2)ccc1N. The first-order valence-corrected chi connectivity index (χ1v) is 8.81. The van der Waals surface area contributed by atoms with Gasteiger partial charge < -0.3 is 16.0 Å². The second-order valence-corrected chi connectivity index (χ2v) is 5.54. The van der Waals surface area contributed by atoms with E-state index in [2.05, 4.69) is 47.5 Å². The number of allylic oxidation sites excluding steroid dienone is 2. The summed E-state index contributed by atoms with van der Waals surface area (Å²) >= 11 is 0. The van der Waals surface area contributed by atoms with Gasteiger partial charge in [-0.25, -0.2) is 0 Å². The summed E-state index contributed by atoms with van der Waals surface area (Å²) in [4.78, 5) is 2.39. The molecule has 0 bridgehead atoms. The Hall–Kier alpha value is -2.27. The van der Waals surface area contributed by atoms with Crippen molar-refractivity contribution in [2.75, 3.05) is 43.9 Å². The molecule has 1 aliphatic rings. The van der Waals surface area contributed by atoms with Crippen LogP contribution in [0.4, 0.5) is 11.4 Å². The summed E-state index contributed by atoms with van der Waals surface area (Å²) in [6, 6.07) is 6.26. The lowest BCUT2D eigenvalue weighted by atomic mass is 10.1. The third-order valence-electron chi connectivity index (χ3n) is 3.63. The molecule has 0 radical (unpaired) electrons. The van der Waals surface area contributed by atoms with E-state index in [0.29, 0.717) is 0 Å². The van der Waals surface area contributed by atoms with E-state index in [4.69, 9.17) is 5.73 Å².